The molecule has 0 aliphatic carbocycles. The molecule has 3 N–H and O–H groups in total. The third kappa shape index (κ3) is 5.59. The second kappa shape index (κ2) is 8.29. The Balaban J connectivity index is 2.68. The lowest BCUT2D eigenvalue weighted by Crippen LogP contribution is -2.54. The standard InChI is InChI=1S/C16H26N2O2S/c1-5-9-18-16(3,15(17)19)11-12(2)21-14-8-6-7-13(10-14)20-4/h6-8,10,12,18H,5,9,11H2,1-4H3,(H2,17,19). The summed E-state index contributed by atoms with van der Waals surface area (Å²) < 4.78 is 5.23. The van der Waals surface area contributed by atoms with Crippen molar-refractivity contribution in [1.29, 1.82) is 0 Å². The van der Waals surface area contributed by atoms with Crippen molar-refractivity contribution in [1.82, 2.24) is 5.32 Å². The van der Waals surface area contributed by atoms with E-state index in [4.69, 9.17) is 10.5 Å². The highest BCUT2D eigenvalue weighted by Crippen LogP contribution is 2.30. The van der Waals surface area contributed by atoms with E-state index in [1.807, 2.05) is 31.2 Å². The molecule has 2 atom stereocenters. The molecular formula is C16H26N2O2S. The Morgan fingerprint density at radius 3 is 2.81 bits per heavy atom. The van der Waals surface area contributed by atoms with Gasteiger partial charge in [-0.05, 0) is 44.5 Å². The molecule has 0 saturated heterocycles. The van der Waals surface area contributed by atoms with Crippen molar-refractivity contribution in [2.75, 3.05) is 13.7 Å². The maximum atomic E-state index is 11.7. The minimum atomic E-state index is -0.665. The molecule has 1 amide bonds. The zero-order chi connectivity index (χ0) is 15.9. The Hall–Kier alpha value is -1.20. The van der Waals surface area contributed by atoms with Gasteiger partial charge in [-0.25, -0.2) is 0 Å². The van der Waals surface area contributed by atoms with Crippen LogP contribution < -0.4 is 15.8 Å². The molecule has 1 aromatic carbocycles. The second-order valence-corrected chi connectivity index (χ2v) is 6.95. The Bertz CT molecular complexity index is 467. The fourth-order valence-electron chi connectivity index (χ4n) is 2.18. The lowest BCUT2D eigenvalue weighted by Gasteiger charge is -2.30. The van der Waals surface area contributed by atoms with Crippen LogP contribution in [0, 0.1) is 0 Å². The van der Waals surface area contributed by atoms with E-state index in [0.29, 0.717) is 6.42 Å². The number of benzene rings is 1. The number of rotatable bonds is 9. The molecule has 0 fully saturated rings. The molecular weight excluding hydrogens is 284 g/mol. The normalized spacial score (nSPS) is 15.2. The summed E-state index contributed by atoms with van der Waals surface area (Å²) in [7, 11) is 1.66. The Morgan fingerprint density at radius 2 is 2.24 bits per heavy atom. The van der Waals surface area contributed by atoms with E-state index in [0.717, 1.165) is 23.6 Å². The number of ether oxygens (including phenoxy) is 1. The molecule has 5 heteroatoms. The molecule has 2 unspecified atom stereocenters. The number of methoxy groups -OCH3 is 1. The van der Waals surface area contributed by atoms with Gasteiger partial charge in [0.05, 0.1) is 12.6 Å². The first-order chi connectivity index (χ1) is 9.91. The zero-order valence-corrected chi connectivity index (χ0v) is 14.1. The number of nitrogens with one attached hydrogen (secondary N) is 1. The van der Waals surface area contributed by atoms with Crippen LogP contribution in [0.25, 0.3) is 0 Å². The number of amides is 1. The van der Waals surface area contributed by atoms with E-state index in [1.165, 1.54) is 0 Å². The summed E-state index contributed by atoms with van der Waals surface area (Å²) in [5.74, 6) is 0.544. The molecule has 0 aromatic heterocycles. The van der Waals surface area contributed by atoms with Crippen molar-refractivity contribution in [3.63, 3.8) is 0 Å². The summed E-state index contributed by atoms with van der Waals surface area (Å²) in [5.41, 5.74) is 4.90. The monoisotopic (exact) mass is 310 g/mol. The topological polar surface area (TPSA) is 64.3 Å². The molecule has 1 rings (SSSR count). The van der Waals surface area contributed by atoms with E-state index in [9.17, 15) is 4.79 Å². The van der Waals surface area contributed by atoms with Crippen molar-refractivity contribution in [2.24, 2.45) is 5.73 Å². The smallest absolute Gasteiger partial charge is 0.237 e. The summed E-state index contributed by atoms with van der Waals surface area (Å²) >= 11 is 1.72. The highest BCUT2D eigenvalue weighted by Gasteiger charge is 2.32. The Kier molecular flexibility index (Phi) is 7.05. The van der Waals surface area contributed by atoms with Gasteiger partial charge in [0, 0.05) is 10.1 Å². The molecule has 0 aliphatic heterocycles. The van der Waals surface area contributed by atoms with Crippen LogP contribution in [0.2, 0.25) is 0 Å². The first-order valence-corrected chi connectivity index (χ1v) is 8.15. The minimum absolute atomic E-state index is 0.263. The molecule has 0 aliphatic rings. The van der Waals surface area contributed by atoms with Crippen molar-refractivity contribution < 1.29 is 9.53 Å². The number of primary amides is 1. The Labute approximate surface area is 131 Å². The van der Waals surface area contributed by atoms with Crippen LogP contribution in [0.3, 0.4) is 0 Å². The zero-order valence-electron chi connectivity index (χ0n) is 13.3. The van der Waals surface area contributed by atoms with E-state index in [2.05, 4.69) is 19.2 Å². The molecule has 0 radical (unpaired) electrons. The minimum Gasteiger partial charge on any atom is -0.497 e. The van der Waals surface area contributed by atoms with Gasteiger partial charge in [0.25, 0.3) is 0 Å². The van der Waals surface area contributed by atoms with Crippen LogP contribution in [0.4, 0.5) is 0 Å². The predicted octanol–water partition coefficient (Wildman–Crippen LogP) is 2.81. The number of thioether (sulfide) groups is 1. The van der Waals surface area contributed by atoms with Crippen LogP contribution >= 0.6 is 11.8 Å². The van der Waals surface area contributed by atoms with Crippen LogP contribution in [0.5, 0.6) is 5.75 Å². The summed E-state index contributed by atoms with van der Waals surface area (Å²) in [5, 5.41) is 3.53. The fourth-order valence-corrected chi connectivity index (χ4v) is 3.41. The first-order valence-electron chi connectivity index (χ1n) is 7.27. The third-order valence-corrected chi connectivity index (χ3v) is 4.48. The number of nitrogens with two attached hydrogens (primary N) is 1. The molecule has 118 valence electrons. The van der Waals surface area contributed by atoms with Crippen molar-refractivity contribution in [2.45, 2.75) is 49.3 Å². The lowest BCUT2D eigenvalue weighted by molar-refractivity contribution is -0.124. The van der Waals surface area contributed by atoms with Gasteiger partial charge < -0.3 is 15.8 Å². The van der Waals surface area contributed by atoms with E-state index in [-0.39, 0.29) is 11.2 Å². The summed E-state index contributed by atoms with van der Waals surface area (Å²) in [6, 6.07) is 7.94. The molecule has 0 spiro atoms. The average molecular weight is 310 g/mol. The molecule has 0 heterocycles. The van der Waals surface area contributed by atoms with Crippen molar-refractivity contribution in [3.05, 3.63) is 24.3 Å². The van der Waals surface area contributed by atoms with Crippen LogP contribution in [-0.4, -0.2) is 30.4 Å². The number of carbonyl (C=O) groups is 1. The van der Waals surface area contributed by atoms with Gasteiger partial charge >= 0.3 is 0 Å². The molecule has 1 aromatic rings. The van der Waals surface area contributed by atoms with Crippen molar-refractivity contribution >= 4 is 17.7 Å². The van der Waals surface area contributed by atoms with Gasteiger partial charge in [-0.3, -0.25) is 4.79 Å². The summed E-state index contributed by atoms with van der Waals surface area (Å²) in [4.78, 5) is 12.9. The van der Waals surface area contributed by atoms with Gasteiger partial charge in [0.15, 0.2) is 0 Å². The van der Waals surface area contributed by atoms with E-state index >= 15 is 0 Å². The second-order valence-electron chi connectivity index (χ2n) is 5.43. The summed E-state index contributed by atoms with van der Waals surface area (Å²) in [6.07, 6.45) is 1.66. The number of hydrogen-bond acceptors (Lipinski definition) is 4. The van der Waals surface area contributed by atoms with Crippen LogP contribution in [-0.2, 0) is 4.79 Å². The average Bonchev–Trinajstić information content (AvgIpc) is 2.45. The molecule has 4 nitrogen and oxygen atoms in total. The molecule has 0 bridgehead atoms. The highest BCUT2D eigenvalue weighted by atomic mass is 32.2. The SMILES string of the molecule is CCCNC(C)(CC(C)Sc1cccc(OC)c1)C(N)=O. The van der Waals surface area contributed by atoms with Gasteiger partial charge in [0.2, 0.25) is 5.91 Å². The Morgan fingerprint density at radius 1 is 1.52 bits per heavy atom. The van der Waals surface area contributed by atoms with Gasteiger partial charge in [-0.2, -0.15) is 0 Å². The number of hydrogen-bond donors (Lipinski definition) is 2. The predicted molar refractivity (Wildman–Crippen MR) is 88.8 cm³/mol. The lowest BCUT2D eigenvalue weighted by atomic mass is 9.95. The van der Waals surface area contributed by atoms with Gasteiger partial charge in [-0.15, -0.1) is 11.8 Å². The van der Waals surface area contributed by atoms with Crippen LogP contribution in [0.1, 0.15) is 33.6 Å². The maximum Gasteiger partial charge on any atom is 0.237 e. The molecule has 0 saturated carbocycles. The van der Waals surface area contributed by atoms with E-state index < -0.39 is 5.54 Å². The van der Waals surface area contributed by atoms with Gasteiger partial charge in [-0.1, -0.05) is 19.9 Å². The highest BCUT2D eigenvalue weighted by molar-refractivity contribution is 8.00. The van der Waals surface area contributed by atoms with Crippen molar-refractivity contribution in [3.8, 4) is 5.75 Å². The number of carbonyl (C=O) groups excluding carboxylic acids is 1. The first kappa shape index (κ1) is 17.9. The summed E-state index contributed by atoms with van der Waals surface area (Å²) in [6.45, 7) is 6.85. The fraction of sp³-hybridized carbons (Fsp3) is 0.562. The van der Waals surface area contributed by atoms with Gasteiger partial charge in [0.1, 0.15) is 5.75 Å². The quantitative estimate of drug-likeness (QED) is 0.688. The van der Waals surface area contributed by atoms with E-state index in [1.54, 1.807) is 18.9 Å². The van der Waals surface area contributed by atoms with Crippen LogP contribution in [0.15, 0.2) is 29.2 Å². The third-order valence-electron chi connectivity index (χ3n) is 3.38. The maximum absolute atomic E-state index is 11.7. The largest absolute Gasteiger partial charge is 0.497 e. The molecule has 21 heavy (non-hydrogen) atoms.